The zero-order valence-corrected chi connectivity index (χ0v) is 22.5. The van der Waals surface area contributed by atoms with E-state index in [0.717, 1.165) is 0 Å². The number of hydrogen-bond donors (Lipinski definition) is 0. The Labute approximate surface area is 192 Å². The average Bonchev–Trinajstić information content (AvgIpc) is 2.73. The molecule has 0 fully saturated rings. The molecule has 0 unspecified atom stereocenters. The first kappa shape index (κ1) is 29.7. The number of hydrogen-bond acceptors (Lipinski definition) is 9. The number of benzene rings is 1. The summed E-state index contributed by atoms with van der Waals surface area (Å²) in [5.74, 6) is 0. The van der Waals surface area contributed by atoms with Crippen LogP contribution in [0.2, 0.25) is 0 Å². The Morgan fingerprint density at radius 1 is 0.562 bits per heavy atom. The molecule has 1 aromatic carbocycles. The van der Waals surface area contributed by atoms with Gasteiger partial charge in [0.2, 0.25) is 0 Å². The van der Waals surface area contributed by atoms with Gasteiger partial charge in [-0.2, -0.15) is 0 Å². The molecule has 12 heteroatoms. The van der Waals surface area contributed by atoms with E-state index < -0.39 is 27.4 Å². The van der Waals surface area contributed by atoms with Gasteiger partial charge >= 0.3 is 22.8 Å². The molecule has 186 valence electrons. The zero-order valence-electron chi connectivity index (χ0n) is 19.9. The van der Waals surface area contributed by atoms with Gasteiger partial charge in [-0.25, -0.2) is 0 Å². The van der Waals surface area contributed by atoms with Crippen LogP contribution in [0.1, 0.15) is 47.1 Å². The average molecular weight is 514 g/mol. The van der Waals surface area contributed by atoms with Crippen LogP contribution in [0.3, 0.4) is 0 Å². The fourth-order valence-electron chi connectivity index (χ4n) is 3.36. The lowest BCUT2D eigenvalue weighted by Crippen LogP contribution is -2.37. The molecule has 0 aliphatic rings. The molecule has 32 heavy (non-hydrogen) atoms. The van der Waals surface area contributed by atoms with Gasteiger partial charge in [-0.15, -0.1) is 0 Å². The first-order chi connectivity index (χ1) is 15.2. The second-order valence-corrected chi connectivity index (χ2v) is 14.3. The number of rotatable bonds is 17. The summed E-state index contributed by atoms with van der Waals surface area (Å²) in [5, 5.41) is 0. The van der Waals surface area contributed by atoms with Gasteiger partial charge in [0, 0.05) is 6.42 Å². The van der Waals surface area contributed by atoms with Gasteiger partial charge in [0.15, 0.2) is 0 Å². The maximum atomic E-state index is 14.5. The summed E-state index contributed by atoms with van der Waals surface area (Å²) in [7, 11) is -13.5. The van der Waals surface area contributed by atoms with Gasteiger partial charge in [0.25, 0.3) is 4.64 Å². The van der Waals surface area contributed by atoms with Crippen molar-refractivity contribution in [2.24, 2.45) is 0 Å². The maximum Gasteiger partial charge on any atom is 0.361 e. The van der Waals surface area contributed by atoms with Crippen LogP contribution in [0.4, 0.5) is 0 Å². The third-order valence-corrected chi connectivity index (χ3v) is 15.5. The molecule has 0 heterocycles. The molecular weight excluding hydrogens is 477 g/mol. The summed E-state index contributed by atoms with van der Waals surface area (Å²) in [6.45, 7) is 9.26. The lowest BCUT2D eigenvalue weighted by atomic mass is 10.2. The quantitative estimate of drug-likeness (QED) is 0.210. The largest absolute Gasteiger partial charge is 0.361 e. The molecular formula is C20H37O9P3. The molecule has 0 aliphatic heterocycles. The SMILES string of the molecule is CCOP(=O)(OCC)C(Cc1ccccc1)(P(=O)(OCC)OCC)P(=O)(OCC)OCC. The van der Waals surface area contributed by atoms with Crippen LogP contribution in [0, 0.1) is 0 Å². The monoisotopic (exact) mass is 514 g/mol. The standard InChI is InChI=1S/C20H37O9P3/c1-7-24-30(21,25-8-2)20(18-19-16-14-13-15-17-19,31(22,26-9-3)27-10-4)32(23,28-11-5)29-12-6/h13-17H,7-12,18H2,1-6H3. The van der Waals surface area contributed by atoms with E-state index in [0.29, 0.717) is 5.56 Å². The van der Waals surface area contributed by atoms with Crippen molar-refractivity contribution < 1.29 is 40.8 Å². The Kier molecular flexibility index (Phi) is 12.6. The Balaban J connectivity index is 4.18. The summed E-state index contributed by atoms with van der Waals surface area (Å²) < 4.78 is 75.1. The van der Waals surface area contributed by atoms with Crippen LogP contribution in [0.25, 0.3) is 0 Å². The summed E-state index contributed by atoms with van der Waals surface area (Å²) in [4.78, 5) is 0. The molecule has 0 saturated carbocycles. The van der Waals surface area contributed by atoms with E-state index in [-0.39, 0.29) is 46.1 Å². The Bertz CT molecular complexity index is 712. The lowest BCUT2D eigenvalue weighted by molar-refractivity contribution is 0.166. The van der Waals surface area contributed by atoms with Crippen LogP contribution in [0.15, 0.2) is 30.3 Å². The van der Waals surface area contributed by atoms with Crippen molar-refractivity contribution >= 4 is 22.8 Å². The van der Waals surface area contributed by atoms with Gasteiger partial charge in [0.1, 0.15) is 0 Å². The molecule has 0 N–H and O–H groups in total. The maximum absolute atomic E-state index is 14.5. The highest BCUT2D eigenvalue weighted by Gasteiger charge is 2.77. The molecule has 0 saturated heterocycles. The van der Waals surface area contributed by atoms with Crippen LogP contribution < -0.4 is 0 Å². The van der Waals surface area contributed by atoms with E-state index in [1.807, 2.05) is 0 Å². The Morgan fingerprint density at radius 2 is 0.844 bits per heavy atom. The van der Waals surface area contributed by atoms with Crippen LogP contribution >= 0.6 is 22.8 Å². The summed E-state index contributed by atoms with van der Waals surface area (Å²) in [6.07, 6.45) is -0.306. The van der Waals surface area contributed by atoms with Crippen molar-refractivity contribution in [1.82, 2.24) is 0 Å². The molecule has 0 aromatic heterocycles. The van der Waals surface area contributed by atoms with Crippen molar-refractivity contribution in [3.05, 3.63) is 35.9 Å². The molecule has 9 nitrogen and oxygen atoms in total. The minimum Gasteiger partial charge on any atom is -0.308 e. The van der Waals surface area contributed by atoms with E-state index in [2.05, 4.69) is 0 Å². The van der Waals surface area contributed by atoms with Gasteiger partial charge < -0.3 is 27.1 Å². The lowest BCUT2D eigenvalue weighted by Gasteiger charge is -2.44. The van der Waals surface area contributed by atoms with E-state index in [1.54, 1.807) is 71.9 Å². The molecule has 0 bridgehead atoms. The second-order valence-electron chi connectivity index (χ2n) is 6.44. The van der Waals surface area contributed by atoms with Crippen LogP contribution in [-0.2, 0) is 47.3 Å². The van der Waals surface area contributed by atoms with Crippen molar-refractivity contribution in [2.75, 3.05) is 39.6 Å². The third kappa shape index (κ3) is 6.02. The second kappa shape index (κ2) is 13.5. The highest BCUT2D eigenvalue weighted by molar-refractivity contribution is 7.90. The van der Waals surface area contributed by atoms with E-state index >= 15 is 0 Å². The molecule has 0 atom stereocenters. The topological polar surface area (TPSA) is 107 Å². The smallest absolute Gasteiger partial charge is 0.308 e. The fraction of sp³-hybridized carbons (Fsp3) is 0.700. The zero-order chi connectivity index (χ0) is 24.3. The summed E-state index contributed by atoms with van der Waals surface area (Å²) in [5.41, 5.74) is 0.561. The van der Waals surface area contributed by atoms with Crippen LogP contribution in [-0.4, -0.2) is 44.3 Å². The highest BCUT2D eigenvalue weighted by Crippen LogP contribution is 2.91. The van der Waals surface area contributed by atoms with Crippen molar-refractivity contribution in [2.45, 2.75) is 52.6 Å². The van der Waals surface area contributed by atoms with E-state index in [4.69, 9.17) is 27.1 Å². The van der Waals surface area contributed by atoms with Gasteiger partial charge in [-0.05, 0) is 47.1 Å². The van der Waals surface area contributed by atoms with E-state index in [9.17, 15) is 13.7 Å². The molecule has 0 spiro atoms. The van der Waals surface area contributed by atoms with Gasteiger partial charge in [0.05, 0.1) is 39.6 Å². The third-order valence-electron chi connectivity index (χ3n) is 4.39. The van der Waals surface area contributed by atoms with Gasteiger partial charge in [-0.1, -0.05) is 30.3 Å². The molecule has 0 aliphatic carbocycles. The van der Waals surface area contributed by atoms with Gasteiger partial charge in [-0.3, -0.25) is 13.7 Å². The highest BCUT2D eigenvalue weighted by atomic mass is 31.3. The fourth-order valence-corrected chi connectivity index (χ4v) is 13.7. The van der Waals surface area contributed by atoms with Crippen molar-refractivity contribution in [1.29, 1.82) is 0 Å². The normalized spacial score (nSPS) is 13.4. The first-order valence-electron chi connectivity index (χ1n) is 10.9. The minimum absolute atomic E-state index is 0.0652. The predicted molar refractivity (Wildman–Crippen MR) is 125 cm³/mol. The Morgan fingerprint density at radius 3 is 1.09 bits per heavy atom. The predicted octanol–water partition coefficient (Wildman–Crippen LogP) is 6.68. The molecule has 0 amide bonds. The van der Waals surface area contributed by atoms with Crippen molar-refractivity contribution in [3.63, 3.8) is 0 Å². The first-order valence-corrected chi connectivity index (χ1v) is 15.5. The Hall–Kier alpha value is -0.330. The minimum atomic E-state index is -4.51. The van der Waals surface area contributed by atoms with E-state index in [1.165, 1.54) is 0 Å². The molecule has 1 aromatic rings. The molecule has 1 rings (SSSR count). The summed E-state index contributed by atoms with van der Waals surface area (Å²) in [6, 6.07) is 8.75. The van der Waals surface area contributed by atoms with Crippen molar-refractivity contribution in [3.8, 4) is 0 Å². The summed E-state index contributed by atoms with van der Waals surface area (Å²) >= 11 is 0. The van der Waals surface area contributed by atoms with Crippen LogP contribution in [0.5, 0.6) is 0 Å². The molecule has 0 radical (unpaired) electrons.